The Morgan fingerprint density at radius 3 is 1.40 bits per heavy atom. The van der Waals surface area contributed by atoms with Crippen LogP contribution < -0.4 is 31.1 Å². The molecule has 0 saturated heterocycles. The van der Waals surface area contributed by atoms with Gasteiger partial charge in [-0.05, 0) is 124 Å². The van der Waals surface area contributed by atoms with Gasteiger partial charge >= 0.3 is 0 Å². The van der Waals surface area contributed by atoms with Gasteiger partial charge in [0.15, 0.2) is 0 Å². The summed E-state index contributed by atoms with van der Waals surface area (Å²) in [6, 6.07) is 85.1. The number of benzene rings is 10. The van der Waals surface area contributed by atoms with Gasteiger partial charge in [-0.2, -0.15) is 0 Å². The van der Waals surface area contributed by atoms with Crippen molar-refractivity contribution in [3.63, 3.8) is 0 Å². The first-order chi connectivity index (χ1) is 32.9. The molecule has 0 unspecified atom stereocenters. The Hall–Kier alpha value is -8.28. The number of hydrogen-bond acceptors (Lipinski definition) is 3. The highest BCUT2D eigenvalue weighted by Crippen LogP contribution is 2.50. The maximum atomic E-state index is 2.57. The molecule has 10 aromatic carbocycles. The standard InChI is InChI=1S/C62H47BN4/c1-62(2,3)42-37-57-61-58(38-42)67(47-31-17-8-18-32-47)59-41-54(64(43-23-9-4-10-24-43)44-25-11-5-12-26-44)48-33-19-20-35-50(48)60(59)63(61)52-39-51-49-34-21-22-36-53(49)65(45-27-13-6-14-28-45)55(51)40-56(52)66(57)46-29-15-7-16-30-46/h4-41H,1-3H3. The fourth-order valence-corrected chi connectivity index (χ4v) is 11.1. The predicted octanol–water partition coefficient (Wildman–Crippen LogP) is 14.8. The van der Waals surface area contributed by atoms with Crippen molar-refractivity contribution in [3.05, 3.63) is 236 Å². The Bertz CT molecular complexity index is 3640. The van der Waals surface area contributed by atoms with E-state index in [-0.39, 0.29) is 12.1 Å². The van der Waals surface area contributed by atoms with Crippen molar-refractivity contribution in [2.75, 3.05) is 14.7 Å². The Morgan fingerprint density at radius 1 is 0.373 bits per heavy atom. The van der Waals surface area contributed by atoms with Crippen molar-refractivity contribution < 1.29 is 0 Å². The third kappa shape index (κ3) is 6.08. The first-order valence-electron chi connectivity index (χ1n) is 23.4. The van der Waals surface area contributed by atoms with Gasteiger partial charge in [-0.25, -0.2) is 0 Å². The van der Waals surface area contributed by atoms with Gasteiger partial charge in [0.2, 0.25) is 0 Å². The number of aromatic nitrogens is 1. The summed E-state index contributed by atoms with van der Waals surface area (Å²) in [6.07, 6.45) is 0. The smallest absolute Gasteiger partial charge is 0.252 e. The van der Waals surface area contributed by atoms with Crippen molar-refractivity contribution >= 4 is 107 Å². The molecule has 318 valence electrons. The minimum atomic E-state index is -0.151. The monoisotopic (exact) mass is 858 g/mol. The lowest BCUT2D eigenvalue weighted by atomic mass is 9.32. The normalized spacial score (nSPS) is 12.9. The van der Waals surface area contributed by atoms with Crippen LogP contribution in [0.5, 0.6) is 0 Å². The zero-order chi connectivity index (χ0) is 44.8. The summed E-state index contributed by atoms with van der Waals surface area (Å²) in [5.74, 6) is 0. The molecule has 0 amide bonds. The number of nitrogens with zero attached hydrogens (tertiary/aromatic N) is 4. The minimum Gasteiger partial charge on any atom is -0.311 e. The molecule has 11 aromatic rings. The SMILES string of the molecule is CC(C)(C)c1cc2c3c(c1)N(c1ccccc1)c1cc(N(c4ccccc4)c4ccccc4)c4ccccc4c1B3c1cc3c4ccccc4n(-c4ccccc4)c3cc1N2c1ccccc1. The fourth-order valence-electron chi connectivity index (χ4n) is 11.1. The lowest BCUT2D eigenvalue weighted by molar-refractivity contribution is 0.590. The molecule has 2 aliphatic heterocycles. The molecule has 0 N–H and O–H groups in total. The number of rotatable bonds is 6. The topological polar surface area (TPSA) is 14.7 Å². The first kappa shape index (κ1) is 39.1. The van der Waals surface area contributed by atoms with Gasteiger partial charge in [0.1, 0.15) is 0 Å². The third-order valence-electron chi connectivity index (χ3n) is 14.0. The van der Waals surface area contributed by atoms with E-state index in [1.807, 2.05) is 0 Å². The van der Waals surface area contributed by atoms with Crippen LogP contribution in [0.2, 0.25) is 0 Å². The van der Waals surface area contributed by atoms with Gasteiger partial charge in [0.25, 0.3) is 6.71 Å². The van der Waals surface area contributed by atoms with Crippen LogP contribution in [0.25, 0.3) is 38.3 Å². The molecule has 13 rings (SSSR count). The molecule has 67 heavy (non-hydrogen) atoms. The first-order valence-corrected chi connectivity index (χ1v) is 23.4. The Morgan fingerprint density at radius 2 is 0.836 bits per heavy atom. The average molecular weight is 859 g/mol. The molecule has 0 bridgehead atoms. The van der Waals surface area contributed by atoms with E-state index in [1.54, 1.807) is 0 Å². The van der Waals surface area contributed by atoms with Crippen LogP contribution in [0.1, 0.15) is 26.3 Å². The molecule has 0 spiro atoms. The zero-order valence-corrected chi connectivity index (χ0v) is 37.8. The van der Waals surface area contributed by atoms with E-state index in [4.69, 9.17) is 0 Å². The van der Waals surface area contributed by atoms with Crippen LogP contribution >= 0.6 is 0 Å². The summed E-state index contributed by atoms with van der Waals surface area (Å²) < 4.78 is 2.45. The summed E-state index contributed by atoms with van der Waals surface area (Å²) in [4.78, 5) is 7.56. The van der Waals surface area contributed by atoms with Crippen LogP contribution in [-0.2, 0) is 5.41 Å². The highest BCUT2D eigenvalue weighted by molar-refractivity contribution is 7.01. The highest BCUT2D eigenvalue weighted by atomic mass is 15.2. The average Bonchev–Trinajstić information content (AvgIpc) is 3.70. The molecule has 0 aliphatic carbocycles. The Balaban J connectivity index is 1.21. The van der Waals surface area contributed by atoms with Crippen LogP contribution in [0, 0.1) is 0 Å². The maximum Gasteiger partial charge on any atom is 0.252 e. The molecule has 5 heteroatoms. The molecule has 0 fully saturated rings. The molecular weight excluding hydrogens is 812 g/mol. The van der Waals surface area contributed by atoms with E-state index in [2.05, 4.69) is 271 Å². The fraction of sp³-hybridized carbons (Fsp3) is 0.0645. The quantitative estimate of drug-likeness (QED) is 0.155. The van der Waals surface area contributed by atoms with Crippen molar-refractivity contribution in [1.82, 2.24) is 4.57 Å². The summed E-state index contributed by atoms with van der Waals surface area (Å²) in [5, 5.41) is 4.93. The number of hydrogen-bond donors (Lipinski definition) is 0. The van der Waals surface area contributed by atoms with Gasteiger partial charge in [0.05, 0.1) is 16.7 Å². The van der Waals surface area contributed by atoms with Crippen LogP contribution in [0.15, 0.2) is 231 Å². The lowest BCUT2D eigenvalue weighted by Gasteiger charge is -2.46. The molecule has 3 heterocycles. The number of anilines is 9. The zero-order valence-electron chi connectivity index (χ0n) is 37.8. The van der Waals surface area contributed by atoms with E-state index in [0.29, 0.717) is 0 Å². The van der Waals surface area contributed by atoms with Crippen molar-refractivity contribution in [1.29, 1.82) is 0 Å². The van der Waals surface area contributed by atoms with Gasteiger partial charge in [0, 0.05) is 67.3 Å². The van der Waals surface area contributed by atoms with Gasteiger partial charge in [-0.15, -0.1) is 0 Å². The molecule has 0 atom stereocenters. The lowest BCUT2D eigenvalue weighted by Crippen LogP contribution is -2.61. The Labute approximate surface area is 392 Å². The minimum absolute atomic E-state index is 0.104. The molecular formula is C62H47BN4. The van der Waals surface area contributed by atoms with E-state index >= 15 is 0 Å². The van der Waals surface area contributed by atoms with E-state index < -0.39 is 0 Å². The molecule has 0 radical (unpaired) electrons. The Kier molecular flexibility index (Phi) is 8.85. The van der Waals surface area contributed by atoms with Crippen LogP contribution in [0.4, 0.5) is 51.2 Å². The van der Waals surface area contributed by atoms with Crippen LogP contribution in [-0.4, -0.2) is 11.3 Å². The maximum absolute atomic E-state index is 2.57. The van der Waals surface area contributed by atoms with Gasteiger partial charge in [-0.1, -0.05) is 160 Å². The molecule has 4 nitrogen and oxygen atoms in total. The summed E-state index contributed by atoms with van der Waals surface area (Å²) >= 11 is 0. The van der Waals surface area contributed by atoms with Crippen LogP contribution in [0.3, 0.4) is 0 Å². The van der Waals surface area contributed by atoms with Crippen molar-refractivity contribution in [3.8, 4) is 5.69 Å². The van der Waals surface area contributed by atoms with E-state index in [0.717, 1.165) is 34.1 Å². The number of para-hydroxylation sites is 6. The molecule has 0 saturated carbocycles. The molecule has 2 aliphatic rings. The van der Waals surface area contributed by atoms with Gasteiger partial charge in [-0.3, -0.25) is 0 Å². The third-order valence-corrected chi connectivity index (χ3v) is 14.0. The van der Waals surface area contributed by atoms with E-state index in [9.17, 15) is 0 Å². The summed E-state index contributed by atoms with van der Waals surface area (Å²) in [6.45, 7) is 6.93. The summed E-state index contributed by atoms with van der Waals surface area (Å²) in [5.41, 5.74) is 19.0. The van der Waals surface area contributed by atoms with Crippen molar-refractivity contribution in [2.24, 2.45) is 0 Å². The van der Waals surface area contributed by atoms with Gasteiger partial charge < -0.3 is 19.3 Å². The summed E-state index contributed by atoms with van der Waals surface area (Å²) in [7, 11) is 0. The van der Waals surface area contributed by atoms with E-state index in [1.165, 1.54) is 77.3 Å². The van der Waals surface area contributed by atoms with Crippen molar-refractivity contribution in [2.45, 2.75) is 26.2 Å². The largest absolute Gasteiger partial charge is 0.311 e. The second kappa shape index (κ2) is 15.2. The second-order valence-corrected chi connectivity index (χ2v) is 18.9. The molecule has 1 aromatic heterocycles. The number of fused-ring (bicyclic) bond motifs is 9. The highest BCUT2D eigenvalue weighted by Gasteiger charge is 2.46. The predicted molar refractivity (Wildman–Crippen MR) is 286 cm³/mol. The second-order valence-electron chi connectivity index (χ2n) is 18.9.